The fraction of sp³-hybridized carbons (Fsp3) is 0.143. The van der Waals surface area contributed by atoms with Crippen LogP contribution in [0.2, 0.25) is 5.02 Å². The van der Waals surface area contributed by atoms with Gasteiger partial charge in [-0.25, -0.2) is 8.78 Å². The van der Waals surface area contributed by atoms with Crippen LogP contribution in [0.1, 0.15) is 17.2 Å². The Bertz CT molecular complexity index is 557. The van der Waals surface area contributed by atoms with Crippen molar-refractivity contribution < 1.29 is 8.78 Å². The molecule has 2 rings (SSSR count). The second-order valence-electron chi connectivity index (χ2n) is 4.08. The van der Waals surface area contributed by atoms with E-state index in [1.165, 1.54) is 12.1 Å². The predicted octanol–water partition coefficient (Wildman–Crippen LogP) is 3.86. The molecule has 2 aromatic rings. The lowest BCUT2D eigenvalue weighted by Crippen LogP contribution is -2.15. The van der Waals surface area contributed by atoms with Crippen LogP contribution in [0, 0.1) is 11.6 Å². The molecule has 0 spiro atoms. The molecule has 0 heterocycles. The molecule has 2 N–H and O–H groups in total. The van der Waals surface area contributed by atoms with E-state index in [1.807, 2.05) is 6.07 Å². The lowest BCUT2D eigenvalue weighted by Gasteiger charge is -2.13. The van der Waals surface area contributed by atoms with Crippen LogP contribution in [0.25, 0.3) is 0 Å². The minimum absolute atomic E-state index is 0.176. The van der Waals surface area contributed by atoms with Crippen LogP contribution in [0.5, 0.6) is 0 Å². The lowest BCUT2D eigenvalue weighted by atomic mass is 9.99. The monoisotopic (exact) mass is 267 g/mol. The maximum atomic E-state index is 13.6. The van der Waals surface area contributed by atoms with Crippen LogP contribution in [-0.4, -0.2) is 0 Å². The van der Waals surface area contributed by atoms with E-state index in [4.69, 9.17) is 17.3 Å². The summed E-state index contributed by atoms with van der Waals surface area (Å²) < 4.78 is 26.6. The van der Waals surface area contributed by atoms with E-state index in [0.717, 1.165) is 11.6 Å². The zero-order valence-corrected chi connectivity index (χ0v) is 10.3. The predicted molar refractivity (Wildman–Crippen MR) is 68.4 cm³/mol. The second-order valence-corrected chi connectivity index (χ2v) is 4.52. The van der Waals surface area contributed by atoms with E-state index in [1.54, 1.807) is 18.2 Å². The van der Waals surface area contributed by atoms with Gasteiger partial charge in [-0.05, 0) is 30.2 Å². The SMILES string of the molecule is NC(Cc1cccc(Cl)c1)c1cccc(F)c1F. The zero-order valence-electron chi connectivity index (χ0n) is 9.54. The highest BCUT2D eigenvalue weighted by atomic mass is 35.5. The molecular formula is C14H12ClF2N. The molecule has 0 aliphatic carbocycles. The van der Waals surface area contributed by atoms with E-state index in [0.29, 0.717) is 11.4 Å². The number of hydrogen-bond acceptors (Lipinski definition) is 1. The first-order valence-electron chi connectivity index (χ1n) is 5.52. The summed E-state index contributed by atoms with van der Waals surface area (Å²) in [4.78, 5) is 0. The molecule has 1 atom stereocenters. The normalized spacial score (nSPS) is 12.4. The molecular weight excluding hydrogens is 256 g/mol. The molecule has 0 fully saturated rings. The third kappa shape index (κ3) is 2.86. The van der Waals surface area contributed by atoms with E-state index in [-0.39, 0.29) is 5.56 Å². The third-order valence-electron chi connectivity index (χ3n) is 2.73. The fourth-order valence-corrected chi connectivity index (χ4v) is 2.05. The number of hydrogen-bond donors (Lipinski definition) is 1. The van der Waals surface area contributed by atoms with Gasteiger partial charge in [0.15, 0.2) is 11.6 Å². The Hall–Kier alpha value is -1.45. The van der Waals surface area contributed by atoms with E-state index >= 15 is 0 Å². The van der Waals surface area contributed by atoms with Crippen molar-refractivity contribution in [3.8, 4) is 0 Å². The highest BCUT2D eigenvalue weighted by Crippen LogP contribution is 2.22. The molecule has 0 aromatic heterocycles. The first kappa shape index (κ1) is 13.0. The summed E-state index contributed by atoms with van der Waals surface area (Å²) in [6.45, 7) is 0. The van der Waals surface area contributed by atoms with Crippen molar-refractivity contribution in [2.24, 2.45) is 5.73 Å². The van der Waals surface area contributed by atoms with Gasteiger partial charge < -0.3 is 5.73 Å². The van der Waals surface area contributed by atoms with Crippen molar-refractivity contribution in [3.63, 3.8) is 0 Å². The van der Waals surface area contributed by atoms with Gasteiger partial charge in [-0.2, -0.15) is 0 Å². The third-order valence-corrected chi connectivity index (χ3v) is 2.96. The van der Waals surface area contributed by atoms with E-state index in [2.05, 4.69) is 0 Å². The van der Waals surface area contributed by atoms with Gasteiger partial charge in [0.25, 0.3) is 0 Å². The molecule has 0 saturated heterocycles. The van der Waals surface area contributed by atoms with Gasteiger partial charge >= 0.3 is 0 Å². The Morgan fingerprint density at radius 1 is 1.11 bits per heavy atom. The Balaban J connectivity index is 2.22. The van der Waals surface area contributed by atoms with E-state index < -0.39 is 17.7 Å². The Morgan fingerprint density at radius 3 is 2.56 bits per heavy atom. The largest absolute Gasteiger partial charge is 0.324 e. The molecule has 1 unspecified atom stereocenters. The van der Waals surface area contributed by atoms with Gasteiger partial charge in [0.2, 0.25) is 0 Å². The topological polar surface area (TPSA) is 26.0 Å². The van der Waals surface area contributed by atoms with Crippen LogP contribution in [0.4, 0.5) is 8.78 Å². The van der Waals surface area contributed by atoms with Gasteiger partial charge in [-0.15, -0.1) is 0 Å². The summed E-state index contributed by atoms with van der Waals surface area (Å²) in [5.41, 5.74) is 6.96. The molecule has 2 aromatic carbocycles. The van der Waals surface area contributed by atoms with Crippen molar-refractivity contribution in [2.75, 3.05) is 0 Å². The molecule has 0 aliphatic rings. The molecule has 0 radical (unpaired) electrons. The summed E-state index contributed by atoms with van der Waals surface area (Å²) in [5, 5.41) is 0.597. The zero-order chi connectivity index (χ0) is 13.1. The summed E-state index contributed by atoms with van der Waals surface area (Å²) in [6, 6.07) is 10.6. The van der Waals surface area contributed by atoms with Crippen LogP contribution in [0.15, 0.2) is 42.5 Å². The molecule has 0 saturated carbocycles. The van der Waals surface area contributed by atoms with Gasteiger partial charge in [0.05, 0.1) is 0 Å². The van der Waals surface area contributed by atoms with Gasteiger partial charge in [-0.1, -0.05) is 35.9 Å². The molecule has 18 heavy (non-hydrogen) atoms. The maximum Gasteiger partial charge on any atom is 0.163 e. The summed E-state index contributed by atoms with van der Waals surface area (Å²) >= 11 is 5.86. The van der Waals surface area contributed by atoms with Crippen molar-refractivity contribution in [1.82, 2.24) is 0 Å². The number of halogens is 3. The highest BCUT2D eigenvalue weighted by molar-refractivity contribution is 6.30. The van der Waals surface area contributed by atoms with Crippen LogP contribution in [-0.2, 0) is 6.42 Å². The lowest BCUT2D eigenvalue weighted by molar-refractivity contribution is 0.488. The fourth-order valence-electron chi connectivity index (χ4n) is 1.83. The van der Waals surface area contributed by atoms with Gasteiger partial charge in [0.1, 0.15) is 0 Å². The molecule has 4 heteroatoms. The Morgan fingerprint density at radius 2 is 1.83 bits per heavy atom. The number of nitrogens with two attached hydrogens (primary N) is 1. The summed E-state index contributed by atoms with van der Waals surface area (Å²) in [5.74, 6) is -1.76. The minimum Gasteiger partial charge on any atom is -0.324 e. The summed E-state index contributed by atoms with van der Waals surface area (Å²) in [7, 11) is 0. The number of benzene rings is 2. The molecule has 1 nitrogen and oxygen atoms in total. The molecule has 0 bridgehead atoms. The van der Waals surface area contributed by atoms with Crippen molar-refractivity contribution >= 4 is 11.6 Å². The number of rotatable bonds is 3. The van der Waals surface area contributed by atoms with Gasteiger partial charge in [0, 0.05) is 16.6 Å². The smallest absolute Gasteiger partial charge is 0.163 e. The first-order valence-corrected chi connectivity index (χ1v) is 5.89. The van der Waals surface area contributed by atoms with Crippen LogP contribution in [0.3, 0.4) is 0 Å². The van der Waals surface area contributed by atoms with Crippen LogP contribution < -0.4 is 5.73 Å². The van der Waals surface area contributed by atoms with Gasteiger partial charge in [-0.3, -0.25) is 0 Å². The minimum atomic E-state index is -0.882. The summed E-state index contributed by atoms with van der Waals surface area (Å²) in [6.07, 6.45) is 0.404. The van der Waals surface area contributed by atoms with Crippen LogP contribution >= 0.6 is 11.6 Å². The quantitative estimate of drug-likeness (QED) is 0.898. The molecule has 0 amide bonds. The molecule has 0 aliphatic heterocycles. The Labute approximate surface area is 109 Å². The highest BCUT2D eigenvalue weighted by Gasteiger charge is 2.15. The van der Waals surface area contributed by atoms with Crippen molar-refractivity contribution in [1.29, 1.82) is 0 Å². The van der Waals surface area contributed by atoms with Crippen molar-refractivity contribution in [3.05, 3.63) is 70.2 Å². The Kier molecular flexibility index (Phi) is 3.94. The van der Waals surface area contributed by atoms with E-state index in [9.17, 15) is 8.78 Å². The average Bonchev–Trinajstić information content (AvgIpc) is 2.32. The average molecular weight is 268 g/mol. The second kappa shape index (κ2) is 5.46. The standard InChI is InChI=1S/C14H12ClF2N/c15-10-4-1-3-9(7-10)8-13(18)11-5-2-6-12(16)14(11)17/h1-7,13H,8,18H2. The molecule has 94 valence electrons. The van der Waals surface area contributed by atoms with Crippen molar-refractivity contribution in [2.45, 2.75) is 12.5 Å². The maximum absolute atomic E-state index is 13.6. The first-order chi connectivity index (χ1) is 8.58.